The van der Waals surface area contributed by atoms with Crippen LogP contribution in [0.1, 0.15) is 42.1 Å². The molecule has 1 amide bonds. The van der Waals surface area contributed by atoms with Gasteiger partial charge in [-0.05, 0) is 62.1 Å². The number of nitrogens with one attached hydrogen (secondary N) is 1. The molecule has 0 unspecified atom stereocenters. The van der Waals surface area contributed by atoms with Gasteiger partial charge in [0.25, 0.3) is 11.5 Å². The van der Waals surface area contributed by atoms with E-state index in [0.29, 0.717) is 25.7 Å². The van der Waals surface area contributed by atoms with Crippen LogP contribution in [0.4, 0.5) is 13.2 Å². The molecular weight excluding hydrogens is 525 g/mol. The molecule has 196 valence electrons. The largest absolute Gasteiger partial charge is 0.506 e. The summed E-state index contributed by atoms with van der Waals surface area (Å²) in [5.41, 5.74) is -1.55. The first-order valence-corrected chi connectivity index (χ1v) is 12.1. The maximum absolute atomic E-state index is 14.0. The van der Waals surface area contributed by atoms with Crippen molar-refractivity contribution in [2.45, 2.75) is 37.8 Å². The number of aromatic hydroxyl groups is 1. The third kappa shape index (κ3) is 4.65. The van der Waals surface area contributed by atoms with E-state index in [2.05, 4.69) is 10.3 Å². The number of nitrogens with zero attached hydrogens (tertiary/aromatic N) is 3. The summed E-state index contributed by atoms with van der Waals surface area (Å²) in [7, 11) is 0. The van der Waals surface area contributed by atoms with Crippen molar-refractivity contribution in [1.82, 2.24) is 19.4 Å². The third-order valence-corrected chi connectivity index (χ3v) is 6.96. The smallest absolute Gasteiger partial charge is 0.337 e. The molecule has 0 atom stereocenters. The summed E-state index contributed by atoms with van der Waals surface area (Å²) in [5.74, 6) is -3.64. The summed E-state index contributed by atoms with van der Waals surface area (Å²) in [6, 6.07) is 7.02. The number of carbonyl (C=O) groups excluding carboxylic acids is 1. The van der Waals surface area contributed by atoms with Crippen LogP contribution in [-0.2, 0) is 0 Å². The molecule has 8 nitrogen and oxygen atoms in total. The van der Waals surface area contributed by atoms with Crippen molar-refractivity contribution >= 4 is 28.5 Å². The fraction of sp³-hybridized carbons (Fsp3) is 0.231. The Morgan fingerprint density at radius 2 is 1.74 bits per heavy atom. The first kappa shape index (κ1) is 25.5. The number of fused-ring (bicyclic) bond motifs is 1. The van der Waals surface area contributed by atoms with E-state index < -0.39 is 34.7 Å². The topological polar surface area (TPSA) is 106 Å². The zero-order chi connectivity index (χ0) is 27.1. The molecule has 2 aromatic carbocycles. The Morgan fingerprint density at radius 3 is 2.42 bits per heavy atom. The fourth-order valence-electron chi connectivity index (χ4n) is 4.76. The zero-order valence-electron chi connectivity index (χ0n) is 19.6. The van der Waals surface area contributed by atoms with E-state index >= 15 is 0 Å². The minimum atomic E-state index is -1.20. The van der Waals surface area contributed by atoms with Gasteiger partial charge in [-0.3, -0.25) is 14.2 Å². The number of phenols is 1. The highest BCUT2D eigenvalue weighted by Crippen LogP contribution is 2.28. The Bertz CT molecular complexity index is 1700. The molecule has 1 aliphatic carbocycles. The van der Waals surface area contributed by atoms with Crippen molar-refractivity contribution in [2.75, 3.05) is 0 Å². The van der Waals surface area contributed by atoms with Crippen molar-refractivity contribution < 1.29 is 23.1 Å². The van der Waals surface area contributed by atoms with Crippen LogP contribution < -0.4 is 16.6 Å². The summed E-state index contributed by atoms with van der Waals surface area (Å²) in [6.07, 6.45) is 2.36. The van der Waals surface area contributed by atoms with Gasteiger partial charge in [0.2, 0.25) is 0 Å². The number of amides is 1. The fourth-order valence-corrected chi connectivity index (χ4v) is 4.94. The van der Waals surface area contributed by atoms with Gasteiger partial charge in [-0.15, -0.1) is 0 Å². The Labute approximate surface area is 217 Å². The SMILES string of the molecule is O=C(N[C@H]1CC[C@@H](n2c(=O)c3cc(F)cnc3n(-c3ccc(F)c(F)c3)c2=O)CC1)c1ccc(O)c(Cl)c1. The van der Waals surface area contributed by atoms with Gasteiger partial charge in [-0.2, -0.15) is 0 Å². The average molecular weight is 545 g/mol. The summed E-state index contributed by atoms with van der Waals surface area (Å²) in [6.45, 7) is 0. The van der Waals surface area contributed by atoms with Crippen LogP contribution in [0, 0.1) is 17.5 Å². The van der Waals surface area contributed by atoms with Crippen molar-refractivity contribution in [3.8, 4) is 11.4 Å². The van der Waals surface area contributed by atoms with Crippen molar-refractivity contribution in [3.63, 3.8) is 0 Å². The number of rotatable bonds is 4. The number of hydrogen-bond acceptors (Lipinski definition) is 5. The second-order valence-electron chi connectivity index (χ2n) is 9.06. The van der Waals surface area contributed by atoms with Crippen molar-refractivity contribution in [3.05, 3.63) is 97.5 Å². The monoisotopic (exact) mass is 544 g/mol. The van der Waals surface area contributed by atoms with Gasteiger partial charge in [-0.25, -0.2) is 27.5 Å². The molecule has 0 radical (unpaired) electrons. The standard InChI is InChI=1S/C26H20ClF3N4O4/c27-19-9-13(1-8-22(19)35)24(36)32-15-2-4-16(5-3-15)34-25(37)18-10-14(28)12-31-23(18)33(26(34)38)17-6-7-20(29)21(30)11-17/h1,6-12,15-16,35H,2-5H2,(H,32,36)/t15-,16+. The van der Waals surface area contributed by atoms with E-state index in [1.807, 2.05) is 0 Å². The number of halogens is 4. The van der Waals surface area contributed by atoms with E-state index in [4.69, 9.17) is 11.6 Å². The van der Waals surface area contributed by atoms with Crippen LogP contribution in [0.15, 0.2) is 58.3 Å². The van der Waals surface area contributed by atoms with Crippen LogP contribution in [0.2, 0.25) is 5.02 Å². The molecule has 0 spiro atoms. The molecule has 4 aromatic rings. The Balaban J connectivity index is 1.46. The summed E-state index contributed by atoms with van der Waals surface area (Å²) >= 11 is 5.88. The molecule has 0 bridgehead atoms. The second-order valence-corrected chi connectivity index (χ2v) is 9.47. The molecule has 2 N–H and O–H groups in total. The number of aromatic nitrogens is 3. The van der Waals surface area contributed by atoms with Gasteiger partial charge in [0.05, 0.1) is 22.3 Å². The minimum absolute atomic E-state index is 0.0419. The van der Waals surface area contributed by atoms with Crippen LogP contribution >= 0.6 is 11.6 Å². The molecule has 1 fully saturated rings. The molecule has 2 aromatic heterocycles. The second kappa shape index (κ2) is 9.97. The lowest BCUT2D eigenvalue weighted by Crippen LogP contribution is -2.45. The predicted octanol–water partition coefficient (Wildman–Crippen LogP) is 4.24. The average Bonchev–Trinajstić information content (AvgIpc) is 2.89. The third-order valence-electron chi connectivity index (χ3n) is 6.66. The maximum atomic E-state index is 14.0. The van der Waals surface area contributed by atoms with E-state index in [0.717, 1.165) is 33.5 Å². The summed E-state index contributed by atoms with van der Waals surface area (Å²) in [4.78, 5) is 43.4. The Morgan fingerprint density at radius 1 is 1.00 bits per heavy atom. The lowest BCUT2D eigenvalue weighted by Gasteiger charge is -2.30. The molecule has 1 aliphatic rings. The lowest BCUT2D eigenvalue weighted by atomic mass is 9.90. The molecule has 5 rings (SSSR count). The maximum Gasteiger partial charge on any atom is 0.337 e. The van der Waals surface area contributed by atoms with E-state index in [1.54, 1.807) is 0 Å². The molecule has 0 aliphatic heterocycles. The van der Waals surface area contributed by atoms with Crippen LogP contribution in [-0.4, -0.2) is 31.2 Å². The number of carbonyl (C=O) groups is 1. The van der Waals surface area contributed by atoms with Gasteiger partial charge in [0.1, 0.15) is 11.6 Å². The first-order valence-electron chi connectivity index (χ1n) is 11.7. The number of pyridine rings is 1. The minimum Gasteiger partial charge on any atom is -0.506 e. The highest BCUT2D eigenvalue weighted by Gasteiger charge is 2.28. The van der Waals surface area contributed by atoms with Gasteiger partial charge < -0.3 is 10.4 Å². The highest BCUT2D eigenvalue weighted by atomic mass is 35.5. The van der Waals surface area contributed by atoms with Gasteiger partial charge >= 0.3 is 5.69 Å². The first-order chi connectivity index (χ1) is 18.1. The molecular formula is C26H20ClF3N4O4. The zero-order valence-corrected chi connectivity index (χ0v) is 20.4. The van der Waals surface area contributed by atoms with E-state index in [9.17, 15) is 32.7 Å². The van der Waals surface area contributed by atoms with Gasteiger partial charge in [0, 0.05) is 23.7 Å². The van der Waals surface area contributed by atoms with Gasteiger partial charge in [-0.1, -0.05) is 11.6 Å². The quantitative estimate of drug-likeness (QED) is 0.400. The summed E-state index contributed by atoms with van der Waals surface area (Å²) < 4.78 is 43.6. The van der Waals surface area contributed by atoms with Crippen LogP contribution in [0.3, 0.4) is 0 Å². The normalized spacial score (nSPS) is 17.5. The molecule has 1 saturated carbocycles. The summed E-state index contributed by atoms with van der Waals surface area (Å²) in [5, 5.41) is 12.3. The van der Waals surface area contributed by atoms with E-state index in [1.165, 1.54) is 24.3 Å². The lowest BCUT2D eigenvalue weighted by molar-refractivity contribution is 0.0922. The number of phenolic OH excluding ortho intramolecular Hbond substituents is 1. The van der Waals surface area contributed by atoms with Crippen molar-refractivity contribution in [1.29, 1.82) is 0 Å². The predicted molar refractivity (Wildman–Crippen MR) is 133 cm³/mol. The number of benzene rings is 2. The van der Waals surface area contributed by atoms with Gasteiger partial charge in [0.15, 0.2) is 17.3 Å². The molecule has 12 heteroatoms. The number of hydrogen-bond donors (Lipinski definition) is 2. The Kier molecular flexibility index (Phi) is 6.70. The van der Waals surface area contributed by atoms with Crippen LogP contribution in [0.25, 0.3) is 16.7 Å². The highest BCUT2D eigenvalue weighted by molar-refractivity contribution is 6.32. The molecule has 38 heavy (non-hydrogen) atoms. The molecule has 0 saturated heterocycles. The Hall–Kier alpha value is -4.12. The van der Waals surface area contributed by atoms with Crippen molar-refractivity contribution in [2.24, 2.45) is 0 Å². The molecule has 2 heterocycles. The van der Waals surface area contributed by atoms with E-state index in [-0.39, 0.29) is 45.0 Å². The van der Waals surface area contributed by atoms with Crippen LogP contribution in [0.5, 0.6) is 5.75 Å².